The maximum Gasteiger partial charge on any atom is 0.188 e. The first-order chi connectivity index (χ1) is 7.66. The van der Waals surface area contributed by atoms with Crippen molar-refractivity contribution in [1.29, 1.82) is 0 Å². The van der Waals surface area contributed by atoms with Crippen molar-refractivity contribution < 1.29 is 19.7 Å². The minimum atomic E-state index is -1.20. The van der Waals surface area contributed by atoms with Crippen LogP contribution < -0.4 is 4.74 Å². The third kappa shape index (κ3) is 2.95. The lowest BCUT2D eigenvalue weighted by molar-refractivity contribution is -0.0226. The number of aliphatic hydroxyl groups excluding tert-OH is 1. The number of ether oxygens (including phenoxy) is 2. The fourth-order valence-corrected chi connectivity index (χ4v) is 1.41. The maximum absolute atomic E-state index is 10.1. The molecule has 0 unspecified atom stereocenters. The van der Waals surface area contributed by atoms with Gasteiger partial charge >= 0.3 is 0 Å². The Labute approximate surface area is 95.4 Å². The Morgan fingerprint density at radius 2 is 2.12 bits per heavy atom. The van der Waals surface area contributed by atoms with Crippen molar-refractivity contribution in [2.75, 3.05) is 20.5 Å². The van der Waals surface area contributed by atoms with E-state index >= 15 is 0 Å². The lowest BCUT2D eigenvalue weighted by Crippen LogP contribution is -2.29. The predicted octanol–water partition coefficient (Wildman–Crippen LogP) is 1.26. The molecule has 1 rings (SSSR count). The summed E-state index contributed by atoms with van der Waals surface area (Å²) in [6.45, 7) is 1.67. The first kappa shape index (κ1) is 13.0. The molecule has 0 aliphatic heterocycles. The summed E-state index contributed by atoms with van der Waals surface area (Å²) in [5.41, 5.74) is -0.557. The van der Waals surface area contributed by atoms with Crippen LogP contribution in [0.25, 0.3) is 0 Å². The number of aliphatic hydroxyl groups is 2. The van der Waals surface area contributed by atoms with E-state index in [1.807, 2.05) is 6.92 Å². The molecule has 2 N–H and O–H groups in total. The molecule has 0 saturated heterocycles. The van der Waals surface area contributed by atoms with Gasteiger partial charge in [-0.05, 0) is 24.1 Å². The van der Waals surface area contributed by atoms with Crippen LogP contribution in [0.2, 0.25) is 0 Å². The van der Waals surface area contributed by atoms with Crippen molar-refractivity contribution in [2.45, 2.75) is 18.9 Å². The van der Waals surface area contributed by atoms with Crippen molar-refractivity contribution in [3.05, 3.63) is 29.8 Å². The SMILES string of the molecule is CC[C@](O)(CO)c1cccc(OCOC)c1. The van der Waals surface area contributed by atoms with Crippen LogP contribution in [-0.2, 0) is 10.3 Å². The summed E-state index contributed by atoms with van der Waals surface area (Å²) in [5.74, 6) is 0.611. The number of benzene rings is 1. The lowest BCUT2D eigenvalue weighted by Gasteiger charge is -2.25. The summed E-state index contributed by atoms with van der Waals surface area (Å²) in [7, 11) is 1.54. The number of hydrogen-bond acceptors (Lipinski definition) is 4. The zero-order chi connectivity index (χ0) is 12.0. The highest BCUT2D eigenvalue weighted by Gasteiger charge is 2.26. The van der Waals surface area contributed by atoms with Gasteiger partial charge in [0.25, 0.3) is 0 Å². The van der Waals surface area contributed by atoms with Crippen molar-refractivity contribution in [3.63, 3.8) is 0 Å². The van der Waals surface area contributed by atoms with Gasteiger partial charge in [-0.2, -0.15) is 0 Å². The van der Waals surface area contributed by atoms with E-state index in [1.54, 1.807) is 31.4 Å². The van der Waals surface area contributed by atoms with Gasteiger partial charge in [0, 0.05) is 7.11 Å². The highest BCUT2D eigenvalue weighted by atomic mass is 16.7. The Kier molecular flexibility index (Phi) is 4.73. The zero-order valence-electron chi connectivity index (χ0n) is 9.64. The molecule has 0 radical (unpaired) electrons. The summed E-state index contributed by atoms with van der Waals surface area (Å²) in [5, 5.41) is 19.3. The van der Waals surface area contributed by atoms with E-state index in [-0.39, 0.29) is 13.4 Å². The molecule has 0 aromatic heterocycles. The second-order valence-electron chi connectivity index (χ2n) is 3.62. The van der Waals surface area contributed by atoms with E-state index in [4.69, 9.17) is 9.47 Å². The summed E-state index contributed by atoms with van der Waals surface area (Å²) in [6.07, 6.45) is 0.442. The molecule has 0 amide bonds. The topological polar surface area (TPSA) is 58.9 Å². The summed E-state index contributed by atoms with van der Waals surface area (Å²) in [6, 6.07) is 7.02. The summed E-state index contributed by atoms with van der Waals surface area (Å²) >= 11 is 0. The second-order valence-corrected chi connectivity index (χ2v) is 3.62. The predicted molar refractivity (Wildman–Crippen MR) is 60.2 cm³/mol. The van der Waals surface area contributed by atoms with E-state index in [0.717, 1.165) is 0 Å². The van der Waals surface area contributed by atoms with Crippen molar-refractivity contribution in [1.82, 2.24) is 0 Å². The number of rotatable bonds is 6. The molecule has 0 aliphatic carbocycles. The van der Waals surface area contributed by atoms with E-state index in [2.05, 4.69) is 0 Å². The fraction of sp³-hybridized carbons (Fsp3) is 0.500. The molecule has 1 atom stereocenters. The third-order valence-electron chi connectivity index (χ3n) is 2.56. The molecule has 4 nitrogen and oxygen atoms in total. The molecule has 1 aromatic carbocycles. The normalized spacial score (nSPS) is 14.5. The molecule has 90 valence electrons. The van der Waals surface area contributed by atoms with Gasteiger partial charge in [-0.25, -0.2) is 0 Å². The Hall–Kier alpha value is -1.10. The molecule has 4 heteroatoms. The third-order valence-corrected chi connectivity index (χ3v) is 2.56. The minimum Gasteiger partial charge on any atom is -0.468 e. The average Bonchev–Trinajstić information content (AvgIpc) is 2.35. The highest BCUT2D eigenvalue weighted by molar-refractivity contribution is 5.32. The molecule has 1 aromatic rings. The first-order valence-electron chi connectivity index (χ1n) is 5.22. The number of hydrogen-bond donors (Lipinski definition) is 2. The smallest absolute Gasteiger partial charge is 0.188 e. The van der Waals surface area contributed by atoms with Gasteiger partial charge in [-0.1, -0.05) is 19.1 Å². The first-order valence-corrected chi connectivity index (χ1v) is 5.22. The maximum atomic E-state index is 10.1. The Morgan fingerprint density at radius 3 is 2.69 bits per heavy atom. The number of methoxy groups -OCH3 is 1. The van der Waals surface area contributed by atoms with Gasteiger partial charge in [0.2, 0.25) is 0 Å². The van der Waals surface area contributed by atoms with Gasteiger partial charge in [0.1, 0.15) is 11.4 Å². The van der Waals surface area contributed by atoms with Crippen molar-refractivity contribution in [2.24, 2.45) is 0 Å². The van der Waals surface area contributed by atoms with Crippen LogP contribution in [0.1, 0.15) is 18.9 Å². The Balaban J connectivity index is 2.88. The Morgan fingerprint density at radius 1 is 1.38 bits per heavy atom. The molecular weight excluding hydrogens is 208 g/mol. The van der Waals surface area contributed by atoms with Gasteiger partial charge in [-0.3, -0.25) is 0 Å². The summed E-state index contributed by atoms with van der Waals surface area (Å²) < 4.78 is 10.1. The van der Waals surface area contributed by atoms with Crippen LogP contribution in [-0.4, -0.2) is 30.7 Å². The van der Waals surface area contributed by atoms with Crippen LogP contribution in [0.4, 0.5) is 0 Å². The van der Waals surface area contributed by atoms with Gasteiger partial charge in [-0.15, -0.1) is 0 Å². The van der Waals surface area contributed by atoms with Gasteiger partial charge in [0.15, 0.2) is 6.79 Å². The largest absolute Gasteiger partial charge is 0.468 e. The average molecular weight is 226 g/mol. The van der Waals surface area contributed by atoms with E-state index in [0.29, 0.717) is 17.7 Å². The fourth-order valence-electron chi connectivity index (χ4n) is 1.41. The molecule has 0 bridgehead atoms. The standard InChI is InChI=1S/C12H18O4/c1-3-12(14,8-13)10-5-4-6-11(7-10)16-9-15-2/h4-7,13-14H,3,8-9H2,1-2H3/t12-/m0/s1. The molecule has 0 aliphatic rings. The van der Waals surface area contributed by atoms with Crippen LogP contribution >= 0.6 is 0 Å². The van der Waals surface area contributed by atoms with Crippen LogP contribution in [0, 0.1) is 0 Å². The van der Waals surface area contributed by atoms with Gasteiger partial charge in [0.05, 0.1) is 6.61 Å². The minimum absolute atomic E-state index is 0.160. The van der Waals surface area contributed by atoms with Gasteiger partial charge < -0.3 is 19.7 Å². The molecule has 0 spiro atoms. The molecular formula is C12H18O4. The summed E-state index contributed by atoms with van der Waals surface area (Å²) in [4.78, 5) is 0. The highest BCUT2D eigenvalue weighted by Crippen LogP contribution is 2.27. The van der Waals surface area contributed by atoms with Crippen LogP contribution in [0.3, 0.4) is 0 Å². The molecule has 0 saturated carbocycles. The van der Waals surface area contributed by atoms with Crippen molar-refractivity contribution in [3.8, 4) is 5.75 Å². The van der Waals surface area contributed by atoms with E-state index in [1.165, 1.54) is 0 Å². The second kappa shape index (κ2) is 5.84. The van der Waals surface area contributed by atoms with Crippen molar-refractivity contribution >= 4 is 0 Å². The van der Waals surface area contributed by atoms with E-state index < -0.39 is 5.60 Å². The molecule has 0 heterocycles. The molecule has 0 fully saturated rings. The quantitative estimate of drug-likeness (QED) is 0.717. The Bertz CT molecular complexity index is 321. The van der Waals surface area contributed by atoms with Crippen LogP contribution in [0.5, 0.6) is 5.75 Å². The lowest BCUT2D eigenvalue weighted by atomic mass is 9.92. The monoisotopic (exact) mass is 226 g/mol. The molecule has 16 heavy (non-hydrogen) atoms. The van der Waals surface area contributed by atoms with Crippen LogP contribution in [0.15, 0.2) is 24.3 Å². The zero-order valence-corrected chi connectivity index (χ0v) is 9.64. The van der Waals surface area contributed by atoms with E-state index in [9.17, 15) is 10.2 Å².